The molecule has 13 heteroatoms. The third-order valence-electron chi connectivity index (χ3n) is 2.49. The predicted molar refractivity (Wildman–Crippen MR) is 82.6 cm³/mol. The molecule has 1 aromatic heterocycles. The van der Waals surface area contributed by atoms with E-state index in [0.29, 0.717) is 0 Å². The zero-order valence-corrected chi connectivity index (χ0v) is 14.8. The average molecular weight is 400 g/mol. The second-order valence-electron chi connectivity index (χ2n) is 4.57. The topological polar surface area (TPSA) is 104 Å². The summed E-state index contributed by atoms with van der Waals surface area (Å²) in [6, 6.07) is 10.2. The first-order valence-electron chi connectivity index (χ1n) is 6.60. The van der Waals surface area contributed by atoms with Crippen LogP contribution in [0.1, 0.15) is 6.92 Å². The number of hydrogen-bond acceptors (Lipinski definition) is 5. The van der Waals surface area contributed by atoms with Crippen molar-refractivity contribution in [3.8, 4) is 5.69 Å². The van der Waals surface area contributed by atoms with Crippen LogP contribution in [0.5, 0.6) is 0 Å². The van der Waals surface area contributed by atoms with Gasteiger partial charge in [-0.3, -0.25) is 0 Å². The third-order valence-corrected chi connectivity index (χ3v) is 4.94. The molecule has 1 aromatic carbocycles. The molecular formula is C12H15F3N4O4S2. The minimum Gasteiger partial charge on any atom is -0.429 e. The van der Waals surface area contributed by atoms with Crippen molar-refractivity contribution in [2.24, 2.45) is 0 Å². The van der Waals surface area contributed by atoms with Crippen LogP contribution in [0.3, 0.4) is 0 Å². The first kappa shape index (κ1) is 21.1. The Bertz CT molecular complexity index is 894. The molecule has 0 N–H and O–H groups in total. The molecule has 0 unspecified atom stereocenters. The van der Waals surface area contributed by atoms with Gasteiger partial charge in [0.1, 0.15) is 12.2 Å². The molecule has 0 spiro atoms. The first-order valence-corrected chi connectivity index (χ1v) is 9.89. The fourth-order valence-electron chi connectivity index (χ4n) is 1.44. The summed E-state index contributed by atoms with van der Waals surface area (Å²) in [5, 5.41) is 4.19. The molecule has 0 atom stereocenters. The zero-order chi connectivity index (χ0) is 19.3. The van der Waals surface area contributed by atoms with Gasteiger partial charge < -0.3 is 4.13 Å². The lowest BCUT2D eigenvalue weighted by atomic mass is 10.3. The molecular weight excluding hydrogens is 385 g/mol. The highest BCUT2D eigenvalue weighted by molar-refractivity contribution is 8.12. The van der Waals surface area contributed by atoms with Crippen LogP contribution >= 0.6 is 0 Å². The van der Waals surface area contributed by atoms with E-state index in [9.17, 15) is 30.0 Å². The fourth-order valence-corrected chi connectivity index (χ4v) is 3.21. The number of rotatable bonds is 4. The standard InChI is InChI=1S/C10H12N3.C2H3F3NO4S2/c1-2-13-9-12(8-11-13)10-6-4-3-5-7-10;1-11(7,8)6-12(9,10)2(3,4)5/h3-9H,2H2,1H3;1H3/q+1;-1. The van der Waals surface area contributed by atoms with E-state index in [2.05, 4.69) is 24.2 Å². The van der Waals surface area contributed by atoms with Crippen LogP contribution in [0.15, 0.2) is 43.0 Å². The maximum Gasteiger partial charge on any atom is 0.480 e. The molecule has 0 saturated carbocycles. The molecule has 0 saturated heterocycles. The Kier molecular flexibility index (Phi) is 6.68. The van der Waals surface area contributed by atoms with Crippen molar-refractivity contribution in [1.29, 1.82) is 0 Å². The lowest BCUT2D eigenvalue weighted by Crippen LogP contribution is -2.27. The summed E-state index contributed by atoms with van der Waals surface area (Å²) in [6.07, 6.45) is 4.05. The average Bonchev–Trinajstić information content (AvgIpc) is 2.94. The Morgan fingerprint density at radius 3 is 2.08 bits per heavy atom. The van der Waals surface area contributed by atoms with Gasteiger partial charge >= 0.3 is 5.51 Å². The van der Waals surface area contributed by atoms with Gasteiger partial charge in [0.25, 0.3) is 6.33 Å². The summed E-state index contributed by atoms with van der Waals surface area (Å²) in [7, 11) is -10.5. The lowest BCUT2D eigenvalue weighted by Gasteiger charge is -2.19. The Morgan fingerprint density at radius 1 is 1.16 bits per heavy atom. The molecule has 0 fully saturated rings. The number of hydrogen-bond donors (Lipinski definition) is 0. The number of halogens is 3. The molecule has 0 amide bonds. The van der Waals surface area contributed by atoms with E-state index in [0.717, 1.165) is 12.2 Å². The first-order chi connectivity index (χ1) is 11.4. The summed E-state index contributed by atoms with van der Waals surface area (Å²) in [4.78, 5) is 0. The van der Waals surface area contributed by atoms with E-state index < -0.39 is 25.6 Å². The van der Waals surface area contributed by atoms with Crippen molar-refractivity contribution < 1.29 is 34.6 Å². The van der Waals surface area contributed by atoms with Crippen molar-refractivity contribution in [2.45, 2.75) is 19.0 Å². The molecule has 2 rings (SSSR count). The van der Waals surface area contributed by atoms with Crippen molar-refractivity contribution >= 4 is 20.0 Å². The van der Waals surface area contributed by atoms with E-state index in [1.165, 1.54) is 0 Å². The molecule has 1 heterocycles. The maximum atomic E-state index is 11.4. The molecule has 0 aliphatic rings. The zero-order valence-electron chi connectivity index (χ0n) is 13.1. The Morgan fingerprint density at radius 2 is 1.72 bits per heavy atom. The molecule has 0 aliphatic heterocycles. The van der Waals surface area contributed by atoms with Crippen molar-refractivity contribution in [2.75, 3.05) is 6.26 Å². The summed E-state index contributed by atoms with van der Waals surface area (Å²) in [5.41, 5.74) is -4.53. The summed E-state index contributed by atoms with van der Waals surface area (Å²) in [6.45, 7) is 2.97. The van der Waals surface area contributed by atoms with E-state index >= 15 is 0 Å². The third kappa shape index (κ3) is 6.80. The number of para-hydroxylation sites is 1. The van der Waals surface area contributed by atoms with Crippen LogP contribution in [-0.4, -0.2) is 38.4 Å². The fraction of sp³-hybridized carbons (Fsp3) is 0.333. The molecule has 0 bridgehead atoms. The van der Waals surface area contributed by atoms with Crippen LogP contribution in [0.4, 0.5) is 13.2 Å². The van der Waals surface area contributed by atoms with Crippen LogP contribution in [0.25, 0.3) is 9.81 Å². The van der Waals surface area contributed by atoms with Gasteiger partial charge in [0.15, 0.2) is 10.0 Å². The van der Waals surface area contributed by atoms with Crippen molar-refractivity contribution in [3.05, 3.63) is 47.1 Å². The number of aromatic nitrogens is 3. The SMILES string of the molecule is CCn1c[n+](-c2ccccc2)cn1.CS(=O)(=O)[N-]S(=O)(=O)C(F)(F)F. The van der Waals surface area contributed by atoms with Gasteiger partial charge in [-0.2, -0.15) is 13.2 Å². The molecule has 0 aliphatic carbocycles. The second kappa shape index (κ2) is 7.93. The van der Waals surface area contributed by atoms with Gasteiger partial charge in [-0.15, -0.1) is 4.68 Å². The summed E-state index contributed by atoms with van der Waals surface area (Å²) in [5.74, 6) is 0. The predicted octanol–water partition coefficient (Wildman–Crippen LogP) is 1.35. The molecule has 25 heavy (non-hydrogen) atoms. The smallest absolute Gasteiger partial charge is 0.429 e. The minimum atomic E-state index is -5.92. The van der Waals surface area contributed by atoms with Crippen LogP contribution in [-0.2, 0) is 26.6 Å². The number of alkyl halides is 3. The summed E-state index contributed by atoms with van der Waals surface area (Å²) >= 11 is 0. The Labute approximate surface area is 143 Å². The maximum absolute atomic E-state index is 11.4. The second-order valence-corrected chi connectivity index (χ2v) is 8.05. The van der Waals surface area contributed by atoms with Gasteiger partial charge in [0.05, 0.1) is 10.0 Å². The largest absolute Gasteiger partial charge is 0.480 e. The number of nitrogens with zero attached hydrogens (tertiary/aromatic N) is 4. The van der Waals surface area contributed by atoms with Gasteiger partial charge in [0, 0.05) is 11.4 Å². The highest BCUT2D eigenvalue weighted by atomic mass is 32.3. The van der Waals surface area contributed by atoms with E-state index in [4.69, 9.17) is 0 Å². The lowest BCUT2D eigenvalue weighted by molar-refractivity contribution is -0.596. The number of sulfonamides is 2. The highest BCUT2D eigenvalue weighted by Gasteiger charge is 2.39. The normalized spacial score (nSPS) is 12.4. The van der Waals surface area contributed by atoms with Crippen molar-refractivity contribution in [1.82, 2.24) is 9.78 Å². The molecule has 2 aromatic rings. The van der Waals surface area contributed by atoms with Gasteiger partial charge in [-0.05, 0) is 19.1 Å². The molecule has 0 radical (unpaired) electrons. The minimum absolute atomic E-state index is 0.246. The van der Waals surface area contributed by atoms with Gasteiger partial charge in [0.2, 0.25) is 6.33 Å². The molecule has 140 valence electrons. The Hall–Kier alpha value is -1.99. The number of aryl methyl sites for hydroxylation is 1. The van der Waals surface area contributed by atoms with E-state index in [1.807, 2.05) is 40.1 Å². The number of benzene rings is 1. The van der Waals surface area contributed by atoms with Gasteiger partial charge in [-0.1, -0.05) is 18.2 Å². The highest BCUT2D eigenvalue weighted by Crippen LogP contribution is 2.29. The van der Waals surface area contributed by atoms with E-state index in [-0.39, 0.29) is 6.26 Å². The van der Waals surface area contributed by atoms with Crippen LogP contribution in [0, 0.1) is 0 Å². The molecule has 8 nitrogen and oxygen atoms in total. The Balaban J connectivity index is 0.000000252. The van der Waals surface area contributed by atoms with Crippen molar-refractivity contribution in [3.63, 3.8) is 0 Å². The van der Waals surface area contributed by atoms with Crippen LogP contribution in [0.2, 0.25) is 0 Å². The van der Waals surface area contributed by atoms with Gasteiger partial charge in [-0.25, -0.2) is 21.4 Å². The summed E-state index contributed by atoms with van der Waals surface area (Å²) < 4.78 is 79.9. The van der Waals surface area contributed by atoms with E-state index in [1.54, 1.807) is 4.13 Å². The quantitative estimate of drug-likeness (QED) is 0.721. The monoisotopic (exact) mass is 400 g/mol. The van der Waals surface area contributed by atoms with Crippen LogP contribution < -0.4 is 4.57 Å².